The highest BCUT2D eigenvalue weighted by molar-refractivity contribution is 5.69. The van der Waals surface area contributed by atoms with Crippen molar-refractivity contribution in [2.75, 3.05) is 19.8 Å². The third-order valence-electron chi connectivity index (χ3n) is 7.14. The van der Waals surface area contributed by atoms with Crippen LogP contribution in [0.1, 0.15) is 136 Å². The van der Waals surface area contributed by atoms with Crippen molar-refractivity contribution in [1.29, 1.82) is 0 Å². The fourth-order valence-corrected chi connectivity index (χ4v) is 4.42. The Bertz CT molecular complexity index is 887. The second kappa shape index (κ2) is 38.5. The summed E-state index contributed by atoms with van der Waals surface area (Å²) in [5, 5.41) is 9.55. The van der Waals surface area contributed by atoms with Gasteiger partial charge in [-0.1, -0.05) is 143 Å². The number of allylic oxidation sites excluding steroid dienone is 16. The van der Waals surface area contributed by atoms with Crippen molar-refractivity contribution in [3.63, 3.8) is 0 Å². The van der Waals surface area contributed by atoms with Crippen LogP contribution in [-0.4, -0.2) is 37.0 Å². The molecule has 0 bridgehead atoms. The molecule has 260 valence electrons. The second-order valence-corrected chi connectivity index (χ2v) is 11.6. The number of hydrogen-bond acceptors (Lipinski definition) is 4. The van der Waals surface area contributed by atoms with Crippen LogP contribution in [0.5, 0.6) is 0 Å². The molecule has 46 heavy (non-hydrogen) atoms. The maximum atomic E-state index is 12.1. The number of esters is 1. The molecular formula is C42H68O4. The van der Waals surface area contributed by atoms with E-state index in [4.69, 9.17) is 9.47 Å². The van der Waals surface area contributed by atoms with Gasteiger partial charge in [-0.2, -0.15) is 0 Å². The zero-order valence-corrected chi connectivity index (χ0v) is 29.5. The first-order valence-corrected chi connectivity index (χ1v) is 18.3. The average molecular weight is 637 g/mol. The van der Waals surface area contributed by atoms with E-state index in [1.165, 1.54) is 32.1 Å². The number of ether oxygens (including phenoxy) is 2. The van der Waals surface area contributed by atoms with Crippen molar-refractivity contribution in [2.24, 2.45) is 0 Å². The lowest BCUT2D eigenvalue weighted by Crippen LogP contribution is -2.27. The van der Waals surface area contributed by atoms with Crippen molar-refractivity contribution in [2.45, 2.75) is 142 Å². The number of aliphatic hydroxyl groups is 1. The highest BCUT2D eigenvalue weighted by Crippen LogP contribution is 2.10. The molecule has 4 heteroatoms. The fourth-order valence-electron chi connectivity index (χ4n) is 4.42. The van der Waals surface area contributed by atoms with Crippen molar-refractivity contribution < 1.29 is 19.4 Å². The highest BCUT2D eigenvalue weighted by atomic mass is 16.6. The monoisotopic (exact) mass is 637 g/mol. The van der Waals surface area contributed by atoms with Gasteiger partial charge in [0.1, 0.15) is 6.10 Å². The smallest absolute Gasteiger partial charge is 0.306 e. The fraction of sp³-hybridized carbons (Fsp3) is 0.595. The lowest BCUT2D eigenvalue weighted by Gasteiger charge is -2.15. The molecule has 0 aromatic heterocycles. The molecule has 1 atom stereocenters. The SMILES string of the molecule is CC/C=C\C/C=C\C/C=C\C/C=C\C/C=C\C/C=C\CCCOCC(CO)OC(=O)CCCCCCC/C=C\C/C=C\CCCC. The van der Waals surface area contributed by atoms with Gasteiger partial charge in [0.25, 0.3) is 0 Å². The van der Waals surface area contributed by atoms with Gasteiger partial charge >= 0.3 is 5.97 Å². The van der Waals surface area contributed by atoms with Gasteiger partial charge in [-0.05, 0) is 83.5 Å². The molecule has 0 saturated heterocycles. The van der Waals surface area contributed by atoms with Crippen molar-refractivity contribution >= 4 is 5.97 Å². The van der Waals surface area contributed by atoms with Crippen molar-refractivity contribution in [1.82, 2.24) is 0 Å². The standard InChI is InChI=1S/C42H68O4/c1-3-5-7-9-11-13-15-17-19-20-21-22-23-24-26-28-30-32-34-36-38-45-40-41(39-43)46-42(44)37-35-33-31-29-27-25-18-16-14-12-10-8-6-4-2/h5,7,10-13,16-19,21-22,24,26,30,32,41,43H,3-4,6,8-9,14-15,20,23,25,27-29,31,33-40H2,1-2H3/b7-5-,12-10-,13-11-,18-16-,19-17-,22-21-,26-24-,32-30-. The van der Waals surface area contributed by atoms with Crippen LogP contribution in [0, 0.1) is 0 Å². The highest BCUT2D eigenvalue weighted by Gasteiger charge is 2.13. The summed E-state index contributed by atoms with van der Waals surface area (Å²) in [5.41, 5.74) is 0. The number of hydrogen-bond donors (Lipinski definition) is 1. The largest absolute Gasteiger partial charge is 0.457 e. The van der Waals surface area contributed by atoms with Gasteiger partial charge in [0, 0.05) is 13.0 Å². The average Bonchev–Trinajstić information content (AvgIpc) is 3.06. The summed E-state index contributed by atoms with van der Waals surface area (Å²) in [6, 6.07) is 0. The summed E-state index contributed by atoms with van der Waals surface area (Å²) in [6.07, 6.45) is 54.5. The van der Waals surface area contributed by atoms with Gasteiger partial charge < -0.3 is 14.6 Å². The summed E-state index contributed by atoms with van der Waals surface area (Å²) in [6.45, 7) is 5.00. The summed E-state index contributed by atoms with van der Waals surface area (Å²) in [5.74, 6) is -0.240. The minimum Gasteiger partial charge on any atom is -0.457 e. The number of rotatable bonds is 32. The first kappa shape index (κ1) is 43.3. The van der Waals surface area contributed by atoms with Crippen LogP contribution >= 0.6 is 0 Å². The molecule has 0 aliphatic rings. The van der Waals surface area contributed by atoms with E-state index in [-0.39, 0.29) is 19.2 Å². The Morgan fingerprint density at radius 2 is 0.978 bits per heavy atom. The zero-order chi connectivity index (χ0) is 33.4. The normalized spacial score (nSPS) is 13.5. The van der Waals surface area contributed by atoms with Crippen LogP contribution < -0.4 is 0 Å². The van der Waals surface area contributed by atoms with Crippen LogP contribution in [0.2, 0.25) is 0 Å². The Morgan fingerprint density at radius 3 is 1.48 bits per heavy atom. The van der Waals surface area contributed by atoms with Gasteiger partial charge in [0.05, 0.1) is 13.2 Å². The van der Waals surface area contributed by atoms with Crippen LogP contribution in [0.25, 0.3) is 0 Å². The number of unbranched alkanes of at least 4 members (excludes halogenated alkanes) is 8. The van der Waals surface area contributed by atoms with Gasteiger partial charge in [-0.15, -0.1) is 0 Å². The Morgan fingerprint density at radius 1 is 0.543 bits per heavy atom. The second-order valence-electron chi connectivity index (χ2n) is 11.6. The molecule has 0 amide bonds. The van der Waals surface area contributed by atoms with Gasteiger partial charge in [-0.3, -0.25) is 4.79 Å². The van der Waals surface area contributed by atoms with Crippen molar-refractivity contribution in [3.8, 4) is 0 Å². The summed E-state index contributed by atoms with van der Waals surface area (Å²) in [7, 11) is 0. The van der Waals surface area contributed by atoms with Gasteiger partial charge in [-0.25, -0.2) is 0 Å². The number of carbonyl (C=O) groups excluding carboxylic acids is 1. The Labute approximate surface area is 283 Å². The third-order valence-corrected chi connectivity index (χ3v) is 7.14. The predicted octanol–water partition coefficient (Wildman–Crippen LogP) is 11.8. The van der Waals surface area contributed by atoms with Crippen molar-refractivity contribution in [3.05, 3.63) is 97.2 Å². The molecule has 0 heterocycles. The number of carbonyl (C=O) groups is 1. The molecule has 0 aromatic carbocycles. The molecule has 0 radical (unpaired) electrons. The lowest BCUT2D eigenvalue weighted by molar-refractivity contribution is -0.154. The van der Waals surface area contributed by atoms with Gasteiger partial charge in [0.15, 0.2) is 0 Å². The summed E-state index contributed by atoms with van der Waals surface area (Å²) >= 11 is 0. The quantitative estimate of drug-likeness (QED) is 0.0453. The van der Waals surface area contributed by atoms with E-state index >= 15 is 0 Å². The van der Waals surface area contributed by atoms with E-state index in [9.17, 15) is 9.90 Å². The van der Waals surface area contributed by atoms with Gasteiger partial charge in [0.2, 0.25) is 0 Å². The van der Waals surface area contributed by atoms with E-state index < -0.39 is 6.10 Å². The molecule has 0 aromatic rings. The molecule has 0 aliphatic carbocycles. The summed E-state index contributed by atoms with van der Waals surface area (Å²) in [4.78, 5) is 12.1. The molecular weight excluding hydrogens is 568 g/mol. The van der Waals surface area contributed by atoms with E-state index in [1.54, 1.807) is 0 Å². The molecule has 4 nitrogen and oxygen atoms in total. The minimum absolute atomic E-state index is 0.207. The summed E-state index contributed by atoms with van der Waals surface area (Å²) < 4.78 is 11.0. The van der Waals surface area contributed by atoms with Crippen LogP contribution in [0.4, 0.5) is 0 Å². The van der Waals surface area contributed by atoms with Crippen LogP contribution in [-0.2, 0) is 14.3 Å². The first-order valence-electron chi connectivity index (χ1n) is 18.3. The maximum absolute atomic E-state index is 12.1. The van der Waals surface area contributed by atoms with E-state index in [1.807, 2.05) is 0 Å². The van der Waals surface area contributed by atoms with Crippen LogP contribution in [0.3, 0.4) is 0 Å². The first-order chi connectivity index (χ1) is 22.7. The van der Waals surface area contributed by atoms with Crippen LogP contribution in [0.15, 0.2) is 97.2 Å². The van der Waals surface area contributed by atoms with E-state index in [0.717, 1.165) is 83.5 Å². The van der Waals surface area contributed by atoms with E-state index in [0.29, 0.717) is 13.0 Å². The molecule has 0 rings (SSSR count). The third kappa shape index (κ3) is 35.8. The zero-order valence-electron chi connectivity index (χ0n) is 29.5. The molecule has 1 N–H and O–H groups in total. The molecule has 0 saturated carbocycles. The number of aliphatic hydroxyl groups excluding tert-OH is 1. The molecule has 0 spiro atoms. The molecule has 1 unspecified atom stereocenters. The van der Waals surface area contributed by atoms with E-state index in [2.05, 4.69) is 111 Å². The minimum atomic E-state index is -0.577. The predicted molar refractivity (Wildman–Crippen MR) is 200 cm³/mol. The molecule has 0 fully saturated rings. The maximum Gasteiger partial charge on any atom is 0.306 e. The Balaban J connectivity index is 3.65. The Hall–Kier alpha value is -2.69. The topological polar surface area (TPSA) is 55.8 Å². The molecule has 0 aliphatic heterocycles. The Kier molecular flexibility index (Phi) is 36.2. The lowest BCUT2D eigenvalue weighted by atomic mass is 10.1.